The zero-order chi connectivity index (χ0) is 16.7. The molecule has 1 unspecified atom stereocenters. The van der Waals surface area contributed by atoms with Gasteiger partial charge in [-0.15, -0.1) is 0 Å². The summed E-state index contributed by atoms with van der Waals surface area (Å²) in [7, 11) is 1.57. The van der Waals surface area contributed by atoms with Crippen molar-refractivity contribution in [3.05, 3.63) is 30.1 Å². The highest BCUT2D eigenvalue weighted by atomic mass is 19.1. The predicted octanol–water partition coefficient (Wildman–Crippen LogP) is 1.98. The number of nitrogens with zero attached hydrogens (tertiary/aromatic N) is 1. The van der Waals surface area contributed by atoms with Crippen molar-refractivity contribution in [2.75, 3.05) is 33.4 Å². The summed E-state index contributed by atoms with van der Waals surface area (Å²) in [5, 5.41) is 10.7. The van der Waals surface area contributed by atoms with E-state index in [9.17, 15) is 14.3 Å². The van der Waals surface area contributed by atoms with Crippen LogP contribution >= 0.6 is 0 Å². The number of amides is 1. The molecule has 6 heteroatoms. The Morgan fingerprint density at radius 2 is 2.04 bits per heavy atom. The van der Waals surface area contributed by atoms with Gasteiger partial charge in [0.2, 0.25) is 5.91 Å². The third-order valence-electron chi connectivity index (χ3n) is 4.11. The monoisotopic (exact) mass is 325 g/mol. The van der Waals surface area contributed by atoms with Crippen molar-refractivity contribution in [3.8, 4) is 5.75 Å². The molecular formula is C17H24FNO4. The SMILES string of the molecule is COCCC(=O)N1CCCC(O)(COc2ccc(F)cc2)CC1. The molecule has 1 atom stereocenters. The lowest BCUT2D eigenvalue weighted by Crippen LogP contribution is -2.38. The van der Waals surface area contributed by atoms with Crippen molar-refractivity contribution in [1.29, 1.82) is 0 Å². The van der Waals surface area contributed by atoms with E-state index in [1.807, 2.05) is 0 Å². The van der Waals surface area contributed by atoms with Gasteiger partial charge in [0.05, 0.1) is 13.0 Å². The Morgan fingerprint density at radius 3 is 2.74 bits per heavy atom. The van der Waals surface area contributed by atoms with Gasteiger partial charge >= 0.3 is 0 Å². The summed E-state index contributed by atoms with van der Waals surface area (Å²) in [4.78, 5) is 13.8. The maximum absolute atomic E-state index is 12.9. The van der Waals surface area contributed by atoms with Crippen LogP contribution in [0.1, 0.15) is 25.7 Å². The molecule has 0 radical (unpaired) electrons. The number of ether oxygens (including phenoxy) is 2. The number of methoxy groups -OCH3 is 1. The summed E-state index contributed by atoms with van der Waals surface area (Å²) in [6.45, 7) is 1.69. The number of carbonyl (C=O) groups is 1. The topological polar surface area (TPSA) is 59.0 Å². The van der Waals surface area contributed by atoms with E-state index < -0.39 is 5.60 Å². The Labute approximate surface area is 136 Å². The van der Waals surface area contributed by atoms with Gasteiger partial charge in [-0.2, -0.15) is 0 Å². The molecule has 1 saturated heterocycles. The highest BCUT2D eigenvalue weighted by Gasteiger charge is 2.32. The Hall–Kier alpha value is -1.66. The molecule has 1 aromatic carbocycles. The lowest BCUT2D eigenvalue weighted by Gasteiger charge is -2.27. The van der Waals surface area contributed by atoms with Crippen LogP contribution in [0.4, 0.5) is 4.39 Å². The zero-order valence-corrected chi connectivity index (χ0v) is 13.5. The van der Waals surface area contributed by atoms with E-state index >= 15 is 0 Å². The van der Waals surface area contributed by atoms with Crippen molar-refractivity contribution in [1.82, 2.24) is 4.90 Å². The minimum absolute atomic E-state index is 0.0514. The van der Waals surface area contributed by atoms with Crippen LogP contribution in [0.3, 0.4) is 0 Å². The first-order valence-electron chi connectivity index (χ1n) is 7.90. The van der Waals surface area contributed by atoms with Crippen LogP contribution < -0.4 is 4.74 Å². The summed E-state index contributed by atoms with van der Waals surface area (Å²) < 4.78 is 23.4. The van der Waals surface area contributed by atoms with Gasteiger partial charge in [0, 0.05) is 20.2 Å². The van der Waals surface area contributed by atoms with Crippen molar-refractivity contribution in [2.24, 2.45) is 0 Å². The number of rotatable bonds is 6. The smallest absolute Gasteiger partial charge is 0.224 e. The van der Waals surface area contributed by atoms with E-state index in [1.165, 1.54) is 24.3 Å². The second kappa shape index (κ2) is 8.26. The maximum Gasteiger partial charge on any atom is 0.224 e. The molecule has 0 aliphatic carbocycles. The zero-order valence-electron chi connectivity index (χ0n) is 13.5. The largest absolute Gasteiger partial charge is 0.491 e. The van der Waals surface area contributed by atoms with Gasteiger partial charge in [-0.3, -0.25) is 4.79 Å². The molecule has 23 heavy (non-hydrogen) atoms. The minimum atomic E-state index is -0.968. The number of halogens is 1. The van der Waals surface area contributed by atoms with Crippen LogP contribution in [0, 0.1) is 5.82 Å². The highest BCUT2D eigenvalue weighted by molar-refractivity contribution is 5.76. The minimum Gasteiger partial charge on any atom is -0.491 e. The molecule has 1 N–H and O–H groups in total. The number of hydrogen-bond acceptors (Lipinski definition) is 4. The summed E-state index contributed by atoms with van der Waals surface area (Å²) in [5.41, 5.74) is -0.968. The quantitative estimate of drug-likeness (QED) is 0.869. The lowest BCUT2D eigenvalue weighted by molar-refractivity contribution is -0.132. The molecule has 1 amide bonds. The third kappa shape index (κ3) is 5.48. The Kier molecular flexibility index (Phi) is 6.36. The fourth-order valence-corrected chi connectivity index (χ4v) is 2.67. The van der Waals surface area contributed by atoms with E-state index in [2.05, 4.69) is 0 Å². The molecular weight excluding hydrogens is 301 g/mol. The molecule has 1 aliphatic rings. The van der Waals surface area contributed by atoms with Crippen molar-refractivity contribution in [3.63, 3.8) is 0 Å². The van der Waals surface area contributed by atoms with Crippen LogP contribution in [0.2, 0.25) is 0 Å². The first-order chi connectivity index (χ1) is 11.0. The van der Waals surface area contributed by atoms with Crippen LogP contribution in [-0.2, 0) is 9.53 Å². The normalized spacial score (nSPS) is 21.8. The Morgan fingerprint density at radius 1 is 1.30 bits per heavy atom. The Balaban J connectivity index is 1.85. The standard InChI is InChI=1S/C17H24FNO4/c1-22-12-7-16(20)19-10-2-8-17(21,9-11-19)13-23-15-5-3-14(18)4-6-15/h3-6,21H,2,7-13H2,1H3. The Bertz CT molecular complexity index is 508. The van der Waals surface area contributed by atoms with Crippen LogP contribution in [0.25, 0.3) is 0 Å². The third-order valence-corrected chi connectivity index (χ3v) is 4.11. The molecule has 0 bridgehead atoms. The van der Waals surface area contributed by atoms with Crippen LogP contribution in [-0.4, -0.2) is 54.9 Å². The highest BCUT2D eigenvalue weighted by Crippen LogP contribution is 2.24. The number of benzene rings is 1. The summed E-state index contributed by atoms with van der Waals surface area (Å²) in [6, 6.07) is 5.72. The van der Waals surface area contributed by atoms with Crippen molar-refractivity contribution in [2.45, 2.75) is 31.3 Å². The van der Waals surface area contributed by atoms with Gasteiger partial charge < -0.3 is 19.5 Å². The number of carbonyl (C=O) groups excluding carboxylic acids is 1. The second-order valence-electron chi connectivity index (χ2n) is 5.94. The van der Waals surface area contributed by atoms with Crippen LogP contribution in [0.15, 0.2) is 24.3 Å². The first kappa shape index (κ1) is 17.7. The average Bonchev–Trinajstić information content (AvgIpc) is 2.74. The van der Waals surface area contributed by atoms with Gasteiger partial charge in [0.1, 0.15) is 23.8 Å². The summed E-state index contributed by atoms with van der Waals surface area (Å²) in [5.74, 6) is 0.253. The van der Waals surface area contributed by atoms with E-state index in [0.29, 0.717) is 44.7 Å². The van der Waals surface area contributed by atoms with E-state index in [0.717, 1.165) is 6.42 Å². The first-order valence-corrected chi connectivity index (χ1v) is 7.90. The van der Waals surface area contributed by atoms with Crippen molar-refractivity contribution < 1.29 is 23.8 Å². The molecule has 1 aliphatic heterocycles. The number of aliphatic hydroxyl groups is 1. The summed E-state index contributed by atoms with van der Waals surface area (Å²) >= 11 is 0. The second-order valence-corrected chi connectivity index (χ2v) is 5.94. The molecule has 0 aromatic heterocycles. The summed E-state index contributed by atoms with van der Waals surface area (Å²) in [6.07, 6.45) is 2.12. The molecule has 5 nitrogen and oxygen atoms in total. The molecule has 1 heterocycles. The van der Waals surface area contributed by atoms with Crippen molar-refractivity contribution >= 4 is 5.91 Å². The van der Waals surface area contributed by atoms with Gasteiger partial charge in [-0.05, 0) is 43.5 Å². The van der Waals surface area contributed by atoms with E-state index in [1.54, 1.807) is 12.0 Å². The number of likely N-dealkylation sites (tertiary alicyclic amines) is 1. The molecule has 2 rings (SSSR count). The average molecular weight is 325 g/mol. The van der Waals surface area contributed by atoms with Gasteiger partial charge in [-0.25, -0.2) is 4.39 Å². The predicted molar refractivity (Wildman–Crippen MR) is 83.8 cm³/mol. The fourth-order valence-electron chi connectivity index (χ4n) is 2.67. The van der Waals surface area contributed by atoms with Gasteiger partial charge in [0.25, 0.3) is 0 Å². The van der Waals surface area contributed by atoms with Gasteiger partial charge in [-0.1, -0.05) is 0 Å². The molecule has 0 spiro atoms. The maximum atomic E-state index is 12.9. The molecule has 1 aromatic rings. The van der Waals surface area contributed by atoms with E-state index in [4.69, 9.17) is 9.47 Å². The molecule has 128 valence electrons. The van der Waals surface area contributed by atoms with E-state index in [-0.39, 0.29) is 18.3 Å². The molecule has 1 fully saturated rings. The molecule has 0 saturated carbocycles. The van der Waals surface area contributed by atoms with Crippen LogP contribution in [0.5, 0.6) is 5.75 Å². The fraction of sp³-hybridized carbons (Fsp3) is 0.588. The number of hydrogen-bond donors (Lipinski definition) is 1. The van der Waals surface area contributed by atoms with Gasteiger partial charge in [0.15, 0.2) is 0 Å². The lowest BCUT2D eigenvalue weighted by atomic mass is 9.96.